The fourth-order valence-corrected chi connectivity index (χ4v) is 2.51. The summed E-state index contributed by atoms with van der Waals surface area (Å²) in [4.78, 5) is 2.50. The van der Waals surface area contributed by atoms with Crippen molar-refractivity contribution in [1.82, 2.24) is 4.90 Å². The minimum absolute atomic E-state index is 0.566. The van der Waals surface area contributed by atoms with Gasteiger partial charge in [0.15, 0.2) is 0 Å². The molecular weight excluding hydrogens is 200 g/mol. The van der Waals surface area contributed by atoms with Gasteiger partial charge in [-0.2, -0.15) is 0 Å². The van der Waals surface area contributed by atoms with Crippen molar-refractivity contribution in [3.63, 3.8) is 0 Å². The summed E-state index contributed by atoms with van der Waals surface area (Å²) in [5.41, 5.74) is 6.66. The van der Waals surface area contributed by atoms with E-state index in [0.717, 1.165) is 23.8 Å². The molecule has 90 valence electrons. The van der Waals surface area contributed by atoms with Crippen molar-refractivity contribution in [3.8, 4) is 0 Å². The van der Waals surface area contributed by atoms with Gasteiger partial charge in [0.1, 0.15) is 5.76 Å². The van der Waals surface area contributed by atoms with E-state index in [9.17, 15) is 0 Å². The van der Waals surface area contributed by atoms with Gasteiger partial charge in [-0.05, 0) is 38.3 Å². The fourth-order valence-electron chi connectivity index (χ4n) is 2.51. The maximum absolute atomic E-state index is 5.57. The molecule has 1 saturated heterocycles. The molecule has 0 bridgehead atoms. The molecule has 2 rings (SSSR count). The maximum atomic E-state index is 5.57. The highest BCUT2D eigenvalue weighted by atomic mass is 16.3. The minimum Gasteiger partial charge on any atom is -0.468 e. The normalized spacial score (nSPS) is 27.2. The lowest BCUT2D eigenvalue weighted by Gasteiger charge is -2.35. The Hall–Kier alpha value is -0.800. The molecule has 1 aliphatic rings. The zero-order valence-electron chi connectivity index (χ0n) is 10.3. The molecule has 2 N–H and O–H groups in total. The van der Waals surface area contributed by atoms with Gasteiger partial charge in [-0.15, -0.1) is 0 Å². The van der Waals surface area contributed by atoms with Crippen molar-refractivity contribution < 1.29 is 4.42 Å². The Morgan fingerprint density at radius 3 is 2.94 bits per heavy atom. The van der Waals surface area contributed by atoms with Crippen molar-refractivity contribution in [3.05, 3.63) is 23.7 Å². The zero-order chi connectivity index (χ0) is 11.5. The van der Waals surface area contributed by atoms with Gasteiger partial charge in [0.2, 0.25) is 0 Å². The monoisotopic (exact) mass is 222 g/mol. The summed E-state index contributed by atoms with van der Waals surface area (Å²) in [6.45, 7) is 7.32. The van der Waals surface area contributed by atoms with Crippen molar-refractivity contribution in [1.29, 1.82) is 0 Å². The number of rotatable bonds is 3. The lowest BCUT2D eigenvalue weighted by molar-refractivity contribution is 0.114. The summed E-state index contributed by atoms with van der Waals surface area (Å²) in [5, 5.41) is 0. The highest BCUT2D eigenvalue weighted by Gasteiger charge is 2.23. The Kier molecular flexibility index (Phi) is 3.66. The lowest BCUT2D eigenvalue weighted by Crippen LogP contribution is -2.39. The first-order valence-electron chi connectivity index (χ1n) is 6.19. The largest absolute Gasteiger partial charge is 0.468 e. The van der Waals surface area contributed by atoms with E-state index < -0.39 is 0 Å². The zero-order valence-corrected chi connectivity index (χ0v) is 10.3. The number of nitrogens with two attached hydrogens (primary N) is 1. The number of piperidine rings is 1. The Balaban J connectivity index is 1.93. The molecule has 0 amide bonds. The van der Waals surface area contributed by atoms with Gasteiger partial charge in [-0.25, -0.2) is 0 Å². The van der Waals surface area contributed by atoms with Crippen LogP contribution in [0.2, 0.25) is 0 Å². The third-order valence-electron chi connectivity index (χ3n) is 3.58. The molecule has 3 heteroatoms. The highest BCUT2D eigenvalue weighted by molar-refractivity contribution is 5.12. The van der Waals surface area contributed by atoms with Crippen LogP contribution in [0.5, 0.6) is 0 Å². The topological polar surface area (TPSA) is 42.4 Å². The van der Waals surface area contributed by atoms with E-state index >= 15 is 0 Å². The molecule has 1 aromatic rings. The van der Waals surface area contributed by atoms with E-state index in [1.54, 1.807) is 6.26 Å². The lowest BCUT2D eigenvalue weighted by atomic mass is 9.93. The SMILES string of the molecule is CC1CCN(Cc2cc(CN)co2)C(C)C1. The average molecular weight is 222 g/mol. The third-order valence-corrected chi connectivity index (χ3v) is 3.58. The quantitative estimate of drug-likeness (QED) is 0.853. The van der Waals surface area contributed by atoms with Crippen LogP contribution >= 0.6 is 0 Å². The van der Waals surface area contributed by atoms with Crippen LogP contribution in [0, 0.1) is 5.92 Å². The second kappa shape index (κ2) is 5.02. The summed E-state index contributed by atoms with van der Waals surface area (Å²) in [6, 6.07) is 2.74. The van der Waals surface area contributed by atoms with Crippen LogP contribution < -0.4 is 5.73 Å². The van der Waals surface area contributed by atoms with Crippen LogP contribution in [0.25, 0.3) is 0 Å². The molecule has 0 saturated carbocycles. The first kappa shape index (κ1) is 11.7. The molecule has 0 spiro atoms. The molecule has 0 radical (unpaired) electrons. The van der Waals surface area contributed by atoms with Gasteiger partial charge in [-0.3, -0.25) is 4.90 Å². The molecule has 2 unspecified atom stereocenters. The molecular formula is C13H22N2O. The van der Waals surface area contributed by atoms with E-state index in [4.69, 9.17) is 10.2 Å². The fraction of sp³-hybridized carbons (Fsp3) is 0.692. The van der Waals surface area contributed by atoms with Crippen LogP contribution in [-0.2, 0) is 13.1 Å². The summed E-state index contributed by atoms with van der Waals surface area (Å²) in [5.74, 6) is 1.91. The van der Waals surface area contributed by atoms with Crippen molar-refractivity contribution in [2.24, 2.45) is 11.7 Å². The molecule has 3 nitrogen and oxygen atoms in total. The summed E-state index contributed by atoms with van der Waals surface area (Å²) < 4.78 is 5.51. The minimum atomic E-state index is 0.566. The van der Waals surface area contributed by atoms with E-state index in [-0.39, 0.29) is 0 Å². The van der Waals surface area contributed by atoms with Crippen molar-refractivity contribution >= 4 is 0 Å². The smallest absolute Gasteiger partial charge is 0.118 e. The number of hydrogen-bond acceptors (Lipinski definition) is 3. The highest BCUT2D eigenvalue weighted by Crippen LogP contribution is 2.24. The van der Waals surface area contributed by atoms with E-state index in [2.05, 4.69) is 24.8 Å². The standard InChI is InChI=1S/C13H22N2O/c1-10-3-4-15(11(2)5-10)8-13-6-12(7-14)9-16-13/h6,9-11H,3-5,7-8,14H2,1-2H3. The van der Waals surface area contributed by atoms with Crippen molar-refractivity contribution in [2.75, 3.05) is 6.54 Å². The van der Waals surface area contributed by atoms with E-state index in [1.807, 2.05) is 0 Å². The first-order chi connectivity index (χ1) is 7.69. The molecule has 1 aromatic heterocycles. The number of furan rings is 1. The van der Waals surface area contributed by atoms with E-state index in [0.29, 0.717) is 12.6 Å². The Labute approximate surface area is 97.6 Å². The molecule has 0 aromatic carbocycles. The number of likely N-dealkylation sites (tertiary alicyclic amines) is 1. The van der Waals surface area contributed by atoms with Gasteiger partial charge in [-0.1, -0.05) is 6.92 Å². The number of hydrogen-bond donors (Lipinski definition) is 1. The van der Waals surface area contributed by atoms with Gasteiger partial charge in [0.25, 0.3) is 0 Å². The Morgan fingerprint density at radius 2 is 2.31 bits per heavy atom. The van der Waals surface area contributed by atoms with Gasteiger partial charge in [0.05, 0.1) is 12.8 Å². The number of nitrogens with zero attached hydrogens (tertiary/aromatic N) is 1. The maximum Gasteiger partial charge on any atom is 0.118 e. The summed E-state index contributed by atoms with van der Waals surface area (Å²) in [6.07, 6.45) is 4.37. The van der Waals surface area contributed by atoms with Crippen molar-refractivity contribution in [2.45, 2.75) is 45.8 Å². The van der Waals surface area contributed by atoms with Crippen LogP contribution in [0.15, 0.2) is 16.7 Å². The molecule has 1 fully saturated rings. The first-order valence-corrected chi connectivity index (χ1v) is 6.19. The Bertz CT molecular complexity index is 334. The predicted octanol–water partition coefficient (Wildman–Crippen LogP) is 2.36. The summed E-state index contributed by atoms with van der Waals surface area (Å²) >= 11 is 0. The molecule has 1 aliphatic heterocycles. The predicted molar refractivity (Wildman–Crippen MR) is 64.9 cm³/mol. The molecule has 2 atom stereocenters. The molecule has 16 heavy (non-hydrogen) atoms. The second-order valence-electron chi connectivity index (χ2n) is 5.07. The van der Waals surface area contributed by atoms with Crippen LogP contribution in [0.3, 0.4) is 0 Å². The summed E-state index contributed by atoms with van der Waals surface area (Å²) in [7, 11) is 0. The molecule has 2 heterocycles. The Morgan fingerprint density at radius 1 is 1.50 bits per heavy atom. The third kappa shape index (κ3) is 2.66. The van der Waals surface area contributed by atoms with E-state index in [1.165, 1.54) is 19.4 Å². The second-order valence-corrected chi connectivity index (χ2v) is 5.07. The molecule has 0 aliphatic carbocycles. The van der Waals surface area contributed by atoms with Crippen LogP contribution in [0.1, 0.15) is 38.0 Å². The van der Waals surface area contributed by atoms with Crippen LogP contribution in [0.4, 0.5) is 0 Å². The average Bonchev–Trinajstić information content (AvgIpc) is 2.70. The van der Waals surface area contributed by atoms with Gasteiger partial charge in [0, 0.05) is 18.2 Å². The van der Waals surface area contributed by atoms with Crippen LogP contribution in [-0.4, -0.2) is 17.5 Å². The van der Waals surface area contributed by atoms with Gasteiger partial charge >= 0.3 is 0 Å². The van der Waals surface area contributed by atoms with Gasteiger partial charge < -0.3 is 10.2 Å².